The van der Waals surface area contributed by atoms with E-state index in [9.17, 15) is 0 Å². The molecule has 0 spiro atoms. The molecule has 122 valence electrons. The summed E-state index contributed by atoms with van der Waals surface area (Å²) in [5.74, 6) is 2.21. The highest BCUT2D eigenvalue weighted by Gasteiger charge is 2.37. The quantitative estimate of drug-likeness (QED) is 0.943. The van der Waals surface area contributed by atoms with Crippen molar-refractivity contribution in [2.75, 3.05) is 11.9 Å². The zero-order valence-corrected chi connectivity index (χ0v) is 13.7. The van der Waals surface area contributed by atoms with E-state index in [1.807, 2.05) is 36.7 Å². The number of nitrogens with zero attached hydrogens (tertiary/aromatic N) is 4. The van der Waals surface area contributed by atoms with Crippen LogP contribution in [0.1, 0.15) is 37.1 Å². The lowest BCUT2D eigenvalue weighted by molar-refractivity contribution is 0.0619. The van der Waals surface area contributed by atoms with E-state index in [0.717, 1.165) is 36.1 Å². The van der Waals surface area contributed by atoms with Crippen molar-refractivity contribution in [2.45, 2.75) is 51.7 Å². The summed E-state index contributed by atoms with van der Waals surface area (Å²) in [7, 11) is 0. The average Bonchev–Trinajstić information content (AvgIpc) is 3.15. The molecule has 0 radical (unpaired) electrons. The molecule has 0 unspecified atom stereocenters. The van der Waals surface area contributed by atoms with Crippen molar-refractivity contribution in [1.82, 2.24) is 20.0 Å². The van der Waals surface area contributed by atoms with Crippen LogP contribution in [0, 0.1) is 19.8 Å². The molecule has 1 aliphatic heterocycles. The fourth-order valence-corrected chi connectivity index (χ4v) is 3.92. The molecule has 6 nitrogen and oxygen atoms in total. The average molecular weight is 313 g/mol. The fourth-order valence-electron chi connectivity index (χ4n) is 3.92. The molecule has 3 heterocycles. The summed E-state index contributed by atoms with van der Waals surface area (Å²) in [5, 5.41) is 16.7. The molecule has 2 aromatic rings. The van der Waals surface area contributed by atoms with Gasteiger partial charge in [-0.3, -0.25) is 0 Å². The van der Waals surface area contributed by atoms with E-state index in [2.05, 4.69) is 20.6 Å². The van der Waals surface area contributed by atoms with Gasteiger partial charge in [0.05, 0.1) is 11.8 Å². The van der Waals surface area contributed by atoms with Gasteiger partial charge in [0.1, 0.15) is 5.82 Å². The molecule has 0 amide bonds. The first-order chi connectivity index (χ1) is 11.2. The lowest BCUT2D eigenvalue weighted by atomic mass is 9.82. The van der Waals surface area contributed by atoms with Gasteiger partial charge in [0.15, 0.2) is 5.82 Å². The summed E-state index contributed by atoms with van der Waals surface area (Å²) in [6, 6.07) is 6.46. The predicted molar refractivity (Wildman–Crippen MR) is 87.7 cm³/mol. The summed E-state index contributed by atoms with van der Waals surface area (Å²) in [4.78, 5) is 0. The minimum Gasteiger partial charge on any atom is -0.378 e. The Balaban J connectivity index is 1.49. The highest BCUT2D eigenvalue weighted by Crippen LogP contribution is 2.35. The van der Waals surface area contributed by atoms with Gasteiger partial charge in [-0.15, -0.1) is 10.2 Å². The number of ether oxygens (including phenoxy) is 1. The molecule has 2 aromatic heterocycles. The van der Waals surface area contributed by atoms with Crippen molar-refractivity contribution >= 4 is 5.82 Å². The smallest absolute Gasteiger partial charge is 0.176 e. The summed E-state index contributed by atoms with van der Waals surface area (Å²) in [6.45, 7) is 4.90. The van der Waals surface area contributed by atoms with Gasteiger partial charge < -0.3 is 10.1 Å². The molecule has 1 N–H and O–H groups in total. The second-order valence-corrected chi connectivity index (χ2v) is 6.66. The van der Waals surface area contributed by atoms with Crippen LogP contribution in [0.15, 0.2) is 18.2 Å². The van der Waals surface area contributed by atoms with Crippen LogP contribution in [-0.4, -0.2) is 38.7 Å². The van der Waals surface area contributed by atoms with Crippen LogP contribution in [-0.2, 0) is 4.74 Å². The van der Waals surface area contributed by atoms with Crippen molar-refractivity contribution < 1.29 is 4.74 Å². The Morgan fingerprint density at radius 1 is 1.17 bits per heavy atom. The van der Waals surface area contributed by atoms with E-state index < -0.39 is 0 Å². The first kappa shape index (κ1) is 14.6. The molecule has 1 saturated carbocycles. The van der Waals surface area contributed by atoms with Crippen LogP contribution in [0.25, 0.3) is 5.82 Å². The van der Waals surface area contributed by atoms with E-state index in [1.54, 1.807) is 0 Å². The minimum absolute atomic E-state index is 0.434. The van der Waals surface area contributed by atoms with Gasteiger partial charge in [-0.2, -0.15) is 5.10 Å². The molecule has 0 bridgehead atoms. The molecule has 1 aliphatic carbocycles. The number of hydrogen-bond donors (Lipinski definition) is 1. The molecule has 2 fully saturated rings. The van der Waals surface area contributed by atoms with Crippen LogP contribution in [0.5, 0.6) is 0 Å². The molecule has 1 saturated heterocycles. The van der Waals surface area contributed by atoms with Crippen molar-refractivity contribution in [3.8, 4) is 5.82 Å². The summed E-state index contributed by atoms with van der Waals surface area (Å²) >= 11 is 0. The molecule has 6 heteroatoms. The molecule has 2 aliphatic rings. The first-order valence-electron chi connectivity index (χ1n) is 8.46. The Bertz CT molecular complexity index is 681. The number of fused-ring (bicyclic) bond motifs is 1. The highest BCUT2D eigenvalue weighted by molar-refractivity contribution is 5.38. The van der Waals surface area contributed by atoms with Crippen molar-refractivity contribution in [1.29, 1.82) is 0 Å². The molecule has 3 atom stereocenters. The third kappa shape index (κ3) is 2.83. The predicted octanol–water partition coefficient (Wildman–Crippen LogP) is 2.65. The lowest BCUT2D eigenvalue weighted by Gasteiger charge is -2.33. The maximum Gasteiger partial charge on any atom is 0.176 e. The molecular weight excluding hydrogens is 290 g/mol. The van der Waals surface area contributed by atoms with Crippen molar-refractivity contribution in [3.63, 3.8) is 0 Å². The fraction of sp³-hybridized carbons (Fsp3) is 0.588. The Hall–Kier alpha value is -1.95. The lowest BCUT2D eigenvalue weighted by Crippen LogP contribution is -2.38. The van der Waals surface area contributed by atoms with Gasteiger partial charge in [0.2, 0.25) is 0 Å². The Morgan fingerprint density at radius 3 is 2.83 bits per heavy atom. The van der Waals surface area contributed by atoms with Gasteiger partial charge >= 0.3 is 0 Å². The minimum atomic E-state index is 0.434. The normalized spacial score (nSPS) is 27.0. The number of aromatic nitrogens is 4. The Morgan fingerprint density at radius 2 is 2.09 bits per heavy atom. The van der Waals surface area contributed by atoms with Crippen LogP contribution < -0.4 is 5.32 Å². The first-order valence-corrected chi connectivity index (χ1v) is 8.46. The van der Waals surface area contributed by atoms with Crippen LogP contribution in [0.2, 0.25) is 0 Å². The number of hydrogen-bond acceptors (Lipinski definition) is 5. The summed E-state index contributed by atoms with van der Waals surface area (Å²) in [6.07, 6.45) is 5.19. The summed E-state index contributed by atoms with van der Waals surface area (Å²) in [5.41, 5.74) is 2.05. The van der Waals surface area contributed by atoms with Gasteiger partial charge in [0, 0.05) is 24.3 Å². The van der Waals surface area contributed by atoms with E-state index in [-0.39, 0.29) is 0 Å². The Labute approximate surface area is 136 Å². The van der Waals surface area contributed by atoms with Crippen LogP contribution in [0.3, 0.4) is 0 Å². The monoisotopic (exact) mass is 313 g/mol. The number of rotatable bonds is 3. The molecule has 4 rings (SSSR count). The van der Waals surface area contributed by atoms with Gasteiger partial charge in [0.25, 0.3) is 0 Å². The van der Waals surface area contributed by atoms with E-state index in [0.29, 0.717) is 18.1 Å². The van der Waals surface area contributed by atoms with Gasteiger partial charge in [-0.05, 0) is 57.7 Å². The standard InChI is InChI=1S/C17H23N5O/c1-11-10-12(2)22(21-11)17-7-6-16(19-20-17)18-14-4-3-5-15-13(14)8-9-23-15/h6-7,10,13-15H,3-5,8-9H2,1-2H3,(H,18,19)/t13-,14-,15-/m1/s1. The summed E-state index contributed by atoms with van der Waals surface area (Å²) < 4.78 is 7.66. The zero-order chi connectivity index (χ0) is 15.8. The topological polar surface area (TPSA) is 64.9 Å². The zero-order valence-electron chi connectivity index (χ0n) is 13.7. The second-order valence-electron chi connectivity index (χ2n) is 6.66. The Kier molecular flexibility index (Phi) is 3.77. The van der Waals surface area contributed by atoms with E-state index in [4.69, 9.17) is 4.74 Å². The molecule has 0 aromatic carbocycles. The number of anilines is 1. The SMILES string of the molecule is Cc1cc(C)n(-c2ccc(N[C@@H]3CCC[C@H]4OCC[C@H]34)nn2)n1. The van der Waals surface area contributed by atoms with Crippen molar-refractivity contribution in [3.05, 3.63) is 29.6 Å². The third-order valence-electron chi connectivity index (χ3n) is 4.99. The molecule has 23 heavy (non-hydrogen) atoms. The van der Waals surface area contributed by atoms with Gasteiger partial charge in [-0.1, -0.05) is 0 Å². The van der Waals surface area contributed by atoms with E-state index in [1.165, 1.54) is 19.3 Å². The van der Waals surface area contributed by atoms with Gasteiger partial charge in [-0.25, -0.2) is 4.68 Å². The van der Waals surface area contributed by atoms with E-state index >= 15 is 0 Å². The molecular formula is C17H23N5O. The maximum absolute atomic E-state index is 5.83. The van der Waals surface area contributed by atoms with Crippen molar-refractivity contribution in [2.24, 2.45) is 5.92 Å². The number of nitrogens with one attached hydrogen (secondary N) is 1. The third-order valence-corrected chi connectivity index (χ3v) is 4.99. The number of aryl methyl sites for hydroxylation is 2. The highest BCUT2D eigenvalue weighted by atomic mass is 16.5. The van der Waals surface area contributed by atoms with Crippen LogP contribution >= 0.6 is 0 Å². The van der Waals surface area contributed by atoms with Crippen LogP contribution in [0.4, 0.5) is 5.82 Å². The second kappa shape index (κ2) is 5.92. The maximum atomic E-state index is 5.83. The largest absolute Gasteiger partial charge is 0.378 e.